The predicted molar refractivity (Wildman–Crippen MR) is 90.8 cm³/mol. The minimum Gasteiger partial charge on any atom is -0.394 e. The van der Waals surface area contributed by atoms with Gasteiger partial charge in [0.05, 0.1) is 11.9 Å². The Kier molecular flexibility index (Phi) is 4.66. The van der Waals surface area contributed by atoms with E-state index in [9.17, 15) is 0 Å². The molecule has 1 saturated heterocycles. The Morgan fingerprint density at radius 2 is 2.09 bits per heavy atom. The van der Waals surface area contributed by atoms with Crippen molar-refractivity contribution in [2.24, 2.45) is 0 Å². The number of aromatic nitrogens is 2. The number of hydrogen-bond donors (Lipinski definition) is 3. The second-order valence-corrected chi connectivity index (χ2v) is 6.84. The highest BCUT2D eigenvalue weighted by atomic mass is 15.2. The van der Waals surface area contributed by atoms with Gasteiger partial charge < -0.3 is 21.3 Å². The Bertz CT molecular complexity index is 499. The molecule has 0 amide bonds. The number of nitrogens with two attached hydrogens (primary N) is 1. The highest BCUT2D eigenvalue weighted by Crippen LogP contribution is 2.24. The van der Waals surface area contributed by atoms with Gasteiger partial charge in [0.2, 0.25) is 5.95 Å². The quantitative estimate of drug-likeness (QED) is 0.747. The van der Waals surface area contributed by atoms with Crippen LogP contribution in [0.3, 0.4) is 0 Å². The summed E-state index contributed by atoms with van der Waals surface area (Å²) in [4.78, 5) is 11.3. The molecule has 1 radical (unpaired) electrons. The van der Waals surface area contributed by atoms with Crippen molar-refractivity contribution in [1.29, 1.82) is 0 Å². The average molecular weight is 303 g/mol. The zero-order chi connectivity index (χ0) is 15.5. The average Bonchev–Trinajstić information content (AvgIpc) is 2.84. The highest BCUT2D eigenvalue weighted by Gasteiger charge is 2.24. The summed E-state index contributed by atoms with van der Waals surface area (Å²) in [6.45, 7) is 7.61. The monoisotopic (exact) mass is 303 g/mol. The molecule has 1 saturated carbocycles. The largest absolute Gasteiger partial charge is 0.394 e. The number of likely N-dealkylation sites (tertiary alicyclic amines) is 1. The van der Waals surface area contributed by atoms with Crippen molar-refractivity contribution in [2.75, 3.05) is 36.0 Å². The molecule has 1 aromatic rings. The molecule has 2 aliphatic rings. The molecular formula is C16H27N6. The molecule has 22 heavy (non-hydrogen) atoms. The first-order valence-electron chi connectivity index (χ1n) is 8.27. The van der Waals surface area contributed by atoms with Crippen molar-refractivity contribution < 1.29 is 0 Å². The van der Waals surface area contributed by atoms with Gasteiger partial charge in [0.25, 0.3) is 0 Å². The first kappa shape index (κ1) is 15.3. The molecule has 2 fully saturated rings. The Labute approximate surface area is 132 Å². The van der Waals surface area contributed by atoms with Crippen molar-refractivity contribution in [2.45, 2.75) is 51.6 Å². The third-order valence-corrected chi connectivity index (χ3v) is 4.41. The van der Waals surface area contributed by atoms with Crippen molar-refractivity contribution in [1.82, 2.24) is 14.9 Å². The van der Waals surface area contributed by atoms with Gasteiger partial charge in [-0.25, -0.2) is 4.98 Å². The number of hydrogen-bond acceptors (Lipinski definition) is 6. The zero-order valence-electron chi connectivity index (χ0n) is 13.6. The van der Waals surface area contributed by atoms with E-state index in [2.05, 4.69) is 39.3 Å². The fourth-order valence-corrected chi connectivity index (χ4v) is 3.05. The predicted octanol–water partition coefficient (Wildman–Crippen LogP) is 2.12. The second kappa shape index (κ2) is 6.69. The van der Waals surface area contributed by atoms with E-state index in [1.165, 1.54) is 25.2 Å². The lowest BCUT2D eigenvalue weighted by Crippen LogP contribution is -2.30. The number of rotatable bonds is 6. The molecule has 3 rings (SSSR count). The fourth-order valence-electron chi connectivity index (χ4n) is 3.05. The lowest BCUT2D eigenvalue weighted by Gasteiger charge is -2.26. The third kappa shape index (κ3) is 3.80. The van der Waals surface area contributed by atoms with Crippen LogP contribution in [-0.4, -0.2) is 46.6 Å². The number of nitrogens with one attached hydrogen (secondary N) is 2. The molecule has 0 aromatic carbocycles. The van der Waals surface area contributed by atoms with Crippen molar-refractivity contribution >= 4 is 17.5 Å². The van der Waals surface area contributed by atoms with Crippen LogP contribution in [0.15, 0.2) is 6.20 Å². The van der Waals surface area contributed by atoms with Crippen LogP contribution in [0.4, 0.5) is 17.5 Å². The van der Waals surface area contributed by atoms with Crippen LogP contribution in [0, 0.1) is 5.92 Å². The van der Waals surface area contributed by atoms with Gasteiger partial charge in [-0.1, -0.05) is 13.8 Å². The van der Waals surface area contributed by atoms with Crippen molar-refractivity contribution in [3.63, 3.8) is 0 Å². The Hall–Kier alpha value is -1.56. The molecule has 2 heterocycles. The molecule has 4 N–H and O–H groups in total. The third-order valence-electron chi connectivity index (χ3n) is 4.41. The summed E-state index contributed by atoms with van der Waals surface area (Å²) >= 11 is 0. The molecule has 1 atom stereocenters. The lowest BCUT2D eigenvalue weighted by molar-refractivity contribution is 0.349. The zero-order valence-corrected chi connectivity index (χ0v) is 13.6. The summed E-state index contributed by atoms with van der Waals surface area (Å²) in [7, 11) is 0. The first-order chi connectivity index (χ1) is 10.6. The molecule has 1 aromatic heterocycles. The number of nitrogens with zero attached hydrogens (tertiary/aromatic N) is 3. The molecule has 6 nitrogen and oxygen atoms in total. The summed E-state index contributed by atoms with van der Waals surface area (Å²) < 4.78 is 0. The summed E-state index contributed by atoms with van der Waals surface area (Å²) in [6.07, 6.45) is 6.54. The van der Waals surface area contributed by atoms with E-state index in [-0.39, 0.29) is 0 Å². The molecule has 121 valence electrons. The van der Waals surface area contributed by atoms with Crippen molar-refractivity contribution in [3.05, 3.63) is 12.1 Å². The first-order valence-corrected chi connectivity index (χ1v) is 8.27. The van der Waals surface area contributed by atoms with Crippen LogP contribution in [0.2, 0.25) is 0 Å². The Morgan fingerprint density at radius 1 is 1.27 bits per heavy atom. The Morgan fingerprint density at radius 3 is 2.77 bits per heavy atom. The summed E-state index contributed by atoms with van der Waals surface area (Å²) in [5.41, 5.74) is 6.65. The van der Waals surface area contributed by atoms with Gasteiger partial charge in [0.15, 0.2) is 5.82 Å². The fraction of sp³-hybridized carbons (Fsp3) is 0.688. The van der Waals surface area contributed by atoms with Gasteiger partial charge in [0, 0.05) is 31.7 Å². The van der Waals surface area contributed by atoms with Gasteiger partial charge in [-0.2, -0.15) is 4.98 Å². The van der Waals surface area contributed by atoms with Crippen LogP contribution in [-0.2, 0) is 0 Å². The van der Waals surface area contributed by atoms with E-state index in [0.717, 1.165) is 31.9 Å². The molecule has 1 unspecified atom stereocenters. The maximum Gasteiger partial charge on any atom is 0.224 e. The molecule has 0 spiro atoms. The van der Waals surface area contributed by atoms with E-state index in [4.69, 9.17) is 5.73 Å². The van der Waals surface area contributed by atoms with Crippen LogP contribution in [0.25, 0.3) is 0 Å². The van der Waals surface area contributed by atoms with E-state index in [0.29, 0.717) is 23.7 Å². The maximum absolute atomic E-state index is 6.03. The van der Waals surface area contributed by atoms with E-state index in [1.807, 2.05) is 0 Å². The van der Waals surface area contributed by atoms with E-state index < -0.39 is 0 Å². The van der Waals surface area contributed by atoms with Gasteiger partial charge in [0.1, 0.15) is 0 Å². The maximum atomic E-state index is 6.03. The van der Waals surface area contributed by atoms with Crippen molar-refractivity contribution in [3.8, 4) is 0 Å². The van der Waals surface area contributed by atoms with E-state index >= 15 is 0 Å². The number of nitrogen functional groups attached to an aromatic ring is 1. The van der Waals surface area contributed by atoms with Crippen LogP contribution in [0.1, 0.15) is 39.5 Å². The van der Waals surface area contributed by atoms with E-state index in [1.54, 1.807) is 6.20 Å². The normalized spacial score (nSPS) is 22.8. The standard InChI is InChI=1S/C16H27N6/c1-11(2)9-22-7-6-13(10-22)19-15-14(17)8-18-16(21-15)20-12-4-3-5-12/h8,12-13H,3-7,9-10,17H2,1-2H3,(H2,18,19,20,21). The van der Waals surface area contributed by atoms with Crippen LogP contribution in [0.5, 0.6) is 0 Å². The molecule has 6 heteroatoms. The summed E-state index contributed by atoms with van der Waals surface area (Å²) in [5, 5.41) is 6.87. The summed E-state index contributed by atoms with van der Waals surface area (Å²) in [5.74, 6) is 2.91. The second-order valence-electron chi connectivity index (χ2n) is 6.84. The van der Waals surface area contributed by atoms with Crippen LogP contribution >= 0.6 is 0 Å². The SMILES string of the molecule is C[C](C)CN1CCC(Nc2nc(NC3CCC3)ncc2N)C1. The van der Waals surface area contributed by atoms with Crippen LogP contribution < -0.4 is 16.4 Å². The molecule has 0 bridgehead atoms. The van der Waals surface area contributed by atoms with Gasteiger partial charge in [-0.15, -0.1) is 0 Å². The molecule has 1 aliphatic carbocycles. The highest BCUT2D eigenvalue weighted by molar-refractivity contribution is 5.62. The minimum absolute atomic E-state index is 0.410. The van der Waals surface area contributed by atoms with Gasteiger partial charge >= 0.3 is 0 Å². The molecule has 1 aliphatic heterocycles. The minimum atomic E-state index is 0.410. The smallest absolute Gasteiger partial charge is 0.224 e. The van der Waals surface area contributed by atoms with Gasteiger partial charge in [-0.05, 0) is 31.6 Å². The lowest BCUT2D eigenvalue weighted by atomic mass is 9.93. The molecular weight excluding hydrogens is 276 g/mol. The topological polar surface area (TPSA) is 79.1 Å². The summed E-state index contributed by atoms with van der Waals surface area (Å²) in [6, 6.07) is 0.939. The Balaban J connectivity index is 1.58. The number of anilines is 3. The van der Waals surface area contributed by atoms with Gasteiger partial charge in [-0.3, -0.25) is 0 Å².